The normalized spacial score (nSPS) is 17.6. The van der Waals surface area contributed by atoms with Crippen molar-refractivity contribution in [3.8, 4) is 5.75 Å². The molecular weight excluding hydrogens is 763 g/mol. The highest BCUT2D eigenvalue weighted by molar-refractivity contribution is 7.09. The zero-order valence-corrected chi connectivity index (χ0v) is 36.3. The van der Waals surface area contributed by atoms with Crippen LogP contribution in [0.2, 0.25) is 0 Å². The third kappa shape index (κ3) is 14.5. The minimum Gasteiger partial charge on any atom is -0.508 e. The summed E-state index contributed by atoms with van der Waals surface area (Å²) >= 11 is 1.13. The molecule has 1 unspecified atom stereocenters. The molecule has 0 radical (unpaired) electrons. The van der Waals surface area contributed by atoms with E-state index < -0.39 is 53.8 Å². The van der Waals surface area contributed by atoms with Crippen LogP contribution in [0.3, 0.4) is 0 Å². The quantitative estimate of drug-likeness (QED) is 0.0883. The predicted octanol–water partition coefficient (Wildman–Crippen LogP) is 5.96. The molecule has 15 heteroatoms. The van der Waals surface area contributed by atoms with Gasteiger partial charge in [-0.05, 0) is 75.2 Å². The minimum absolute atomic E-state index is 0.0191. The second kappa shape index (κ2) is 23.3. The molecule has 4 N–H and O–H groups in total. The summed E-state index contributed by atoms with van der Waals surface area (Å²) < 4.78 is 11.5. The SMILES string of the molecule is CCCC(=O)OCN(C(=O)[C@@H](CC(=O)[C@H]1CCCCN1C)C(C)CC)[C@H](C[C@@H](OC(C)=O)c1nc(C(=O)N[C@@H](Cc2ccc(O)cc2)C[C@H](C)C(N)=O)cs1)C(C)C. The molecule has 0 spiro atoms. The lowest BCUT2D eigenvalue weighted by molar-refractivity contribution is -0.161. The summed E-state index contributed by atoms with van der Waals surface area (Å²) in [6, 6.07) is 5.16. The number of aromatic hydroxyl groups is 1. The number of hydrogen-bond acceptors (Lipinski definition) is 12. The number of aromatic nitrogens is 1. The van der Waals surface area contributed by atoms with Gasteiger partial charge in [-0.1, -0.05) is 66.5 Å². The first-order valence-corrected chi connectivity index (χ1v) is 21.5. The third-order valence-electron chi connectivity index (χ3n) is 11.2. The van der Waals surface area contributed by atoms with E-state index in [9.17, 15) is 33.9 Å². The first kappa shape index (κ1) is 48.0. The standard InChI is InChI=1S/C43H65N5O9S/c1-9-13-39(52)56-25-48(43(55)33(27(5)10-2)22-37(51)35-14-11-12-19-47(35)8)36(26(3)4)23-38(57-29(7)49)42-46-34(24-58-42)41(54)45-31(20-28(6)40(44)53)21-30-15-17-32(50)18-16-30/h15-18,24,26-28,31,33,35-36,38,50H,9-14,19-23,25H2,1-8H3,(H2,44,53)(H,45,54)/t27?,28-,31+,33-,35+,36+,38+/m0/s1. The number of nitrogens with zero attached hydrogens (tertiary/aromatic N) is 3. The summed E-state index contributed by atoms with van der Waals surface area (Å²) in [4.78, 5) is 87.7. The fourth-order valence-electron chi connectivity index (χ4n) is 7.43. The molecule has 1 aliphatic heterocycles. The van der Waals surface area contributed by atoms with Crippen LogP contribution in [0.15, 0.2) is 29.6 Å². The van der Waals surface area contributed by atoms with Crippen LogP contribution >= 0.6 is 11.3 Å². The molecule has 0 aliphatic carbocycles. The van der Waals surface area contributed by atoms with Gasteiger partial charge >= 0.3 is 11.9 Å². The summed E-state index contributed by atoms with van der Waals surface area (Å²) in [7, 11) is 1.94. The molecule has 1 aromatic heterocycles. The zero-order chi connectivity index (χ0) is 43.1. The Kier molecular flexibility index (Phi) is 19.3. The van der Waals surface area contributed by atoms with Gasteiger partial charge in [0.05, 0.1) is 6.04 Å². The molecule has 1 saturated heterocycles. The smallest absolute Gasteiger partial charge is 0.307 e. The molecule has 14 nitrogen and oxygen atoms in total. The number of benzene rings is 1. The summed E-state index contributed by atoms with van der Waals surface area (Å²) in [5.74, 6) is -3.82. The maximum Gasteiger partial charge on any atom is 0.307 e. The van der Waals surface area contributed by atoms with Gasteiger partial charge in [-0.2, -0.15) is 0 Å². The van der Waals surface area contributed by atoms with E-state index in [0.29, 0.717) is 24.3 Å². The second-order valence-corrected chi connectivity index (χ2v) is 17.0. The predicted molar refractivity (Wildman–Crippen MR) is 221 cm³/mol. The van der Waals surface area contributed by atoms with Crippen LogP contribution in [0.4, 0.5) is 0 Å². The first-order valence-electron chi connectivity index (χ1n) is 20.6. The Hall–Kier alpha value is -4.37. The highest BCUT2D eigenvalue weighted by atomic mass is 32.1. The number of nitrogens with one attached hydrogen (secondary N) is 1. The van der Waals surface area contributed by atoms with Gasteiger partial charge in [0.1, 0.15) is 16.5 Å². The summed E-state index contributed by atoms with van der Waals surface area (Å²) in [5.41, 5.74) is 6.46. The lowest BCUT2D eigenvalue weighted by Crippen LogP contribution is -2.50. The number of ether oxygens (including phenoxy) is 2. The van der Waals surface area contributed by atoms with Gasteiger partial charge in [0.15, 0.2) is 18.6 Å². The van der Waals surface area contributed by atoms with Crippen molar-refractivity contribution in [2.24, 2.45) is 29.4 Å². The lowest BCUT2D eigenvalue weighted by Gasteiger charge is -2.39. The van der Waals surface area contributed by atoms with Gasteiger partial charge in [-0.3, -0.25) is 33.7 Å². The zero-order valence-electron chi connectivity index (χ0n) is 35.5. The summed E-state index contributed by atoms with van der Waals surface area (Å²) in [6.45, 7) is 13.1. The number of likely N-dealkylation sites (N-methyl/N-ethyl adjacent to an activating group) is 1. The number of phenols is 1. The van der Waals surface area contributed by atoms with Crippen LogP contribution < -0.4 is 11.1 Å². The molecule has 2 aromatic rings. The van der Waals surface area contributed by atoms with Crippen molar-refractivity contribution in [2.45, 2.75) is 137 Å². The number of primary amides is 1. The average molecular weight is 828 g/mol. The van der Waals surface area contributed by atoms with Crippen molar-refractivity contribution in [2.75, 3.05) is 20.3 Å². The third-order valence-corrected chi connectivity index (χ3v) is 12.1. The number of ketones is 1. The molecule has 1 aromatic carbocycles. The van der Waals surface area contributed by atoms with E-state index in [2.05, 4.69) is 15.2 Å². The van der Waals surface area contributed by atoms with Gasteiger partial charge < -0.3 is 30.5 Å². The maximum atomic E-state index is 14.8. The van der Waals surface area contributed by atoms with Crippen molar-refractivity contribution >= 4 is 46.8 Å². The molecule has 2 heterocycles. The highest BCUT2D eigenvalue weighted by Crippen LogP contribution is 2.34. The number of carbonyl (C=O) groups is 6. The van der Waals surface area contributed by atoms with E-state index in [1.54, 1.807) is 36.6 Å². The molecular formula is C43H65N5O9S. The number of carbonyl (C=O) groups excluding carboxylic acids is 6. The summed E-state index contributed by atoms with van der Waals surface area (Å²) in [5, 5.41) is 14.6. The molecule has 322 valence electrons. The molecule has 0 saturated carbocycles. The van der Waals surface area contributed by atoms with Gasteiger partial charge in [-0.15, -0.1) is 11.3 Å². The fourth-order valence-corrected chi connectivity index (χ4v) is 8.27. The van der Waals surface area contributed by atoms with Crippen LogP contribution in [-0.4, -0.2) is 93.8 Å². The Bertz CT molecular complexity index is 1680. The molecule has 1 aliphatic rings. The average Bonchev–Trinajstić information content (AvgIpc) is 3.67. The first-order chi connectivity index (χ1) is 27.4. The Morgan fingerprint density at radius 1 is 1.05 bits per heavy atom. The number of rotatable bonds is 23. The summed E-state index contributed by atoms with van der Waals surface area (Å²) in [6.07, 6.45) is 3.88. The van der Waals surface area contributed by atoms with E-state index >= 15 is 0 Å². The van der Waals surface area contributed by atoms with E-state index in [4.69, 9.17) is 15.2 Å². The van der Waals surface area contributed by atoms with Gasteiger partial charge in [-0.25, -0.2) is 4.98 Å². The second-order valence-electron chi connectivity index (χ2n) is 16.2. The number of hydrogen-bond donors (Lipinski definition) is 3. The van der Waals surface area contributed by atoms with Gasteiger partial charge in [0.25, 0.3) is 5.91 Å². The Morgan fingerprint density at radius 2 is 1.74 bits per heavy atom. The topological polar surface area (TPSA) is 199 Å². The maximum absolute atomic E-state index is 14.8. The van der Waals surface area contributed by atoms with Crippen LogP contribution in [0.1, 0.15) is 133 Å². The van der Waals surface area contributed by atoms with Crippen LogP contribution in [0.5, 0.6) is 5.75 Å². The minimum atomic E-state index is -0.972. The number of amides is 3. The number of phenolic OH excluding ortho intramolecular Hbond substituents is 1. The van der Waals surface area contributed by atoms with Crippen molar-refractivity contribution in [1.82, 2.24) is 20.1 Å². The molecule has 3 rings (SSSR count). The largest absolute Gasteiger partial charge is 0.508 e. The van der Waals surface area contributed by atoms with E-state index in [0.717, 1.165) is 42.7 Å². The van der Waals surface area contributed by atoms with Crippen molar-refractivity contribution in [3.05, 3.63) is 45.9 Å². The molecule has 0 bridgehead atoms. The number of thiazole rings is 1. The van der Waals surface area contributed by atoms with Crippen molar-refractivity contribution in [1.29, 1.82) is 0 Å². The molecule has 1 fully saturated rings. The number of esters is 2. The van der Waals surface area contributed by atoms with Crippen molar-refractivity contribution < 1.29 is 43.3 Å². The van der Waals surface area contributed by atoms with Crippen LogP contribution in [-0.2, 0) is 39.9 Å². The van der Waals surface area contributed by atoms with E-state index in [-0.39, 0.29) is 73.4 Å². The van der Waals surface area contributed by atoms with E-state index in [1.807, 2.05) is 41.7 Å². The number of piperidine rings is 1. The fraction of sp³-hybridized carbons (Fsp3) is 0.651. The molecule has 58 heavy (non-hydrogen) atoms. The highest BCUT2D eigenvalue weighted by Gasteiger charge is 2.39. The van der Waals surface area contributed by atoms with Gasteiger partial charge in [0, 0.05) is 55.5 Å². The van der Waals surface area contributed by atoms with Crippen LogP contribution in [0, 0.1) is 23.7 Å². The molecule has 3 amide bonds. The Morgan fingerprint density at radius 3 is 2.33 bits per heavy atom. The van der Waals surface area contributed by atoms with Gasteiger partial charge in [0.2, 0.25) is 11.8 Å². The molecule has 7 atom stereocenters. The Balaban J connectivity index is 1.95. The Labute approximate surface area is 347 Å². The lowest BCUT2D eigenvalue weighted by atomic mass is 9.82. The van der Waals surface area contributed by atoms with Crippen LogP contribution in [0.25, 0.3) is 0 Å². The number of likely N-dealkylation sites (tertiary alicyclic amines) is 1. The van der Waals surface area contributed by atoms with E-state index in [1.165, 1.54) is 11.8 Å². The monoisotopic (exact) mass is 827 g/mol. The number of nitrogens with two attached hydrogens (primary N) is 1. The van der Waals surface area contributed by atoms with Crippen molar-refractivity contribution in [3.63, 3.8) is 0 Å². The number of Topliss-reactive ketones (excluding diaryl/α,β-unsaturated/α-hetero) is 1.